The molecule has 1 fully saturated rings. The van der Waals surface area contributed by atoms with E-state index in [9.17, 15) is 0 Å². The van der Waals surface area contributed by atoms with Crippen molar-refractivity contribution < 1.29 is 0 Å². The molecule has 1 aliphatic heterocycles. The molecule has 2 heterocycles. The van der Waals surface area contributed by atoms with E-state index in [1.54, 1.807) is 0 Å². The molecule has 0 aliphatic carbocycles. The number of pyridine rings is 1. The zero-order valence-electron chi connectivity index (χ0n) is 12.4. The highest BCUT2D eigenvalue weighted by molar-refractivity contribution is 6.30. The Morgan fingerprint density at radius 3 is 2.71 bits per heavy atom. The predicted molar refractivity (Wildman–Crippen MR) is 88.4 cm³/mol. The quantitative estimate of drug-likeness (QED) is 0.811. The van der Waals surface area contributed by atoms with E-state index in [1.807, 2.05) is 36.7 Å². The van der Waals surface area contributed by atoms with Gasteiger partial charge in [0.25, 0.3) is 0 Å². The van der Waals surface area contributed by atoms with Gasteiger partial charge in [-0.1, -0.05) is 30.2 Å². The van der Waals surface area contributed by atoms with Crippen molar-refractivity contribution in [2.24, 2.45) is 0 Å². The Kier molecular flexibility index (Phi) is 4.57. The molecule has 0 N–H and O–H groups in total. The third-order valence-electron chi connectivity index (χ3n) is 4.30. The Morgan fingerprint density at radius 1 is 1.14 bits per heavy atom. The van der Waals surface area contributed by atoms with Gasteiger partial charge < -0.3 is 0 Å². The van der Waals surface area contributed by atoms with E-state index in [2.05, 4.69) is 22.9 Å². The summed E-state index contributed by atoms with van der Waals surface area (Å²) in [5.41, 5.74) is 3.62. The number of piperidine rings is 1. The number of hydrogen-bond donors (Lipinski definition) is 0. The lowest BCUT2D eigenvalue weighted by Crippen LogP contribution is -2.36. The summed E-state index contributed by atoms with van der Waals surface area (Å²) in [4.78, 5) is 6.98. The fraction of sp³-hybridized carbons (Fsp3) is 0.389. The summed E-state index contributed by atoms with van der Waals surface area (Å²) in [6.07, 6.45) is 7.90. The lowest BCUT2D eigenvalue weighted by atomic mass is 10.0. The van der Waals surface area contributed by atoms with Crippen LogP contribution < -0.4 is 0 Å². The molecule has 1 saturated heterocycles. The van der Waals surface area contributed by atoms with Crippen LogP contribution >= 0.6 is 11.6 Å². The number of nitrogens with zero attached hydrogens (tertiary/aromatic N) is 2. The van der Waals surface area contributed by atoms with E-state index in [0.717, 1.165) is 17.1 Å². The van der Waals surface area contributed by atoms with Gasteiger partial charge in [-0.05, 0) is 55.6 Å². The zero-order valence-corrected chi connectivity index (χ0v) is 13.2. The maximum atomic E-state index is 5.95. The van der Waals surface area contributed by atoms with Crippen LogP contribution in [0.4, 0.5) is 0 Å². The number of benzene rings is 1. The van der Waals surface area contributed by atoms with Gasteiger partial charge in [0.2, 0.25) is 0 Å². The fourth-order valence-corrected chi connectivity index (χ4v) is 3.13. The van der Waals surface area contributed by atoms with Crippen molar-refractivity contribution in [3.05, 3.63) is 53.3 Å². The monoisotopic (exact) mass is 300 g/mol. The van der Waals surface area contributed by atoms with Gasteiger partial charge >= 0.3 is 0 Å². The van der Waals surface area contributed by atoms with Crippen LogP contribution in [0.25, 0.3) is 11.1 Å². The van der Waals surface area contributed by atoms with E-state index in [-0.39, 0.29) is 0 Å². The van der Waals surface area contributed by atoms with Crippen molar-refractivity contribution in [1.82, 2.24) is 9.88 Å². The minimum Gasteiger partial charge on any atom is -0.296 e. The van der Waals surface area contributed by atoms with Gasteiger partial charge in [0, 0.05) is 35.6 Å². The molecule has 0 amide bonds. The van der Waals surface area contributed by atoms with Crippen molar-refractivity contribution in [3.8, 4) is 11.1 Å². The molecule has 3 rings (SSSR count). The molecule has 21 heavy (non-hydrogen) atoms. The molecule has 3 heteroatoms. The molecular weight excluding hydrogens is 280 g/mol. The smallest absolute Gasteiger partial charge is 0.0406 e. The van der Waals surface area contributed by atoms with Gasteiger partial charge in [-0.2, -0.15) is 0 Å². The van der Waals surface area contributed by atoms with E-state index in [4.69, 9.17) is 11.6 Å². The van der Waals surface area contributed by atoms with Gasteiger partial charge in [-0.25, -0.2) is 0 Å². The summed E-state index contributed by atoms with van der Waals surface area (Å²) >= 11 is 5.95. The van der Waals surface area contributed by atoms with E-state index in [1.165, 1.54) is 36.9 Å². The minimum atomic E-state index is 0.679. The second kappa shape index (κ2) is 6.59. The van der Waals surface area contributed by atoms with Crippen LogP contribution in [0.3, 0.4) is 0 Å². The van der Waals surface area contributed by atoms with Gasteiger partial charge in [-0.3, -0.25) is 9.88 Å². The normalized spacial score (nSPS) is 19.6. The molecule has 0 saturated carbocycles. The zero-order chi connectivity index (χ0) is 14.7. The van der Waals surface area contributed by atoms with E-state index in [0.29, 0.717) is 6.04 Å². The first-order valence-corrected chi connectivity index (χ1v) is 8.04. The van der Waals surface area contributed by atoms with E-state index >= 15 is 0 Å². The van der Waals surface area contributed by atoms with Crippen molar-refractivity contribution in [2.75, 3.05) is 6.54 Å². The first-order valence-electron chi connectivity index (χ1n) is 7.66. The van der Waals surface area contributed by atoms with E-state index < -0.39 is 0 Å². The molecule has 2 aromatic rings. The highest BCUT2D eigenvalue weighted by Crippen LogP contribution is 2.23. The van der Waals surface area contributed by atoms with Crippen molar-refractivity contribution >= 4 is 11.6 Å². The topological polar surface area (TPSA) is 16.1 Å². The molecule has 0 spiro atoms. The SMILES string of the molecule is CC1CCCCN1Cc1cncc(-c2ccc(Cl)cc2)c1. The standard InChI is InChI=1S/C18H21ClN2/c1-14-4-2-3-9-21(14)13-15-10-17(12-20-11-15)16-5-7-18(19)8-6-16/h5-8,10-12,14H,2-4,9,13H2,1H3. The van der Waals surface area contributed by atoms with Crippen LogP contribution in [0.1, 0.15) is 31.7 Å². The number of rotatable bonds is 3. The Bertz CT molecular complexity index is 594. The summed E-state index contributed by atoms with van der Waals surface area (Å²) in [6, 6.07) is 10.9. The van der Waals surface area contributed by atoms with Crippen LogP contribution in [-0.2, 0) is 6.54 Å². The predicted octanol–water partition coefficient (Wildman–Crippen LogP) is 4.78. The molecule has 1 aromatic carbocycles. The van der Waals surface area contributed by atoms with Gasteiger partial charge in [-0.15, -0.1) is 0 Å². The number of likely N-dealkylation sites (tertiary alicyclic amines) is 1. The van der Waals surface area contributed by atoms with Crippen molar-refractivity contribution in [1.29, 1.82) is 0 Å². The number of halogens is 1. The summed E-state index contributed by atoms with van der Waals surface area (Å²) in [5, 5.41) is 0.769. The second-order valence-electron chi connectivity index (χ2n) is 5.90. The molecule has 1 aromatic heterocycles. The molecule has 1 aliphatic rings. The molecule has 110 valence electrons. The molecule has 0 bridgehead atoms. The summed E-state index contributed by atoms with van der Waals surface area (Å²) in [5.74, 6) is 0. The van der Waals surface area contributed by atoms with Crippen LogP contribution in [0.5, 0.6) is 0 Å². The molecule has 2 nitrogen and oxygen atoms in total. The average Bonchev–Trinajstić information content (AvgIpc) is 2.51. The Hall–Kier alpha value is -1.38. The minimum absolute atomic E-state index is 0.679. The van der Waals surface area contributed by atoms with Gasteiger partial charge in [0.05, 0.1) is 0 Å². The summed E-state index contributed by atoms with van der Waals surface area (Å²) < 4.78 is 0. The first-order chi connectivity index (χ1) is 10.2. The van der Waals surface area contributed by atoms with Crippen LogP contribution in [0, 0.1) is 0 Å². The Balaban J connectivity index is 1.78. The summed E-state index contributed by atoms with van der Waals surface area (Å²) in [6.45, 7) is 4.53. The first kappa shape index (κ1) is 14.6. The highest BCUT2D eigenvalue weighted by Gasteiger charge is 2.18. The highest BCUT2D eigenvalue weighted by atomic mass is 35.5. The fourth-order valence-electron chi connectivity index (χ4n) is 3.00. The number of hydrogen-bond acceptors (Lipinski definition) is 2. The van der Waals surface area contributed by atoms with Crippen molar-refractivity contribution in [2.45, 2.75) is 38.8 Å². The largest absolute Gasteiger partial charge is 0.296 e. The third kappa shape index (κ3) is 3.63. The number of aromatic nitrogens is 1. The Labute approximate surface area is 131 Å². The maximum absolute atomic E-state index is 5.95. The maximum Gasteiger partial charge on any atom is 0.0406 e. The third-order valence-corrected chi connectivity index (χ3v) is 4.55. The van der Waals surface area contributed by atoms with Crippen LogP contribution in [0.15, 0.2) is 42.7 Å². The lowest BCUT2D eigenvalue weighted by Gasteiger charge is -2.33. The van der Waals surface area contributed by atoms with Crippen LogP contribution in [0.2, 0.25) is 5.02 Å². The van der Waals surface area contributed by atoms with Crippen LogP contribution in [-0.4, -0.2) is 22.5 Å². The Morgan fingerprint density at radius 2 is 1.95 bits per heavy atom. The molecule has 0 radical (unpaired) electrons. The second-order valence-corrected chi connectivity index (χ2v) is 6.34. The molecular formula is C18H21ClN2. The van der Waals surface area contributed by atoms with Crippen molar-refractivity contribution in [3.63, 3.8) is 0 Å². The van der Waals surface area contributed by atoms with Gasteiger partial charge in [0.1, 0.15) is 0 Å². The molecule has 1 unspecified atom stereocenters. The summed E-state index contributed by atoms with van der Waals surface area (Å²) in [7, 11) is 0. The lowest BCUT2D eigenvalue weighted by molar-refractivity contribution is 0.152. The van der Waals surface area contributed by atoms with Gasteiger partial charge in [0.15, 0.2) is 0 Å². The average molecular weight is 301 g/mol. The molecule has 1 atom stereocenters.